The summed E-state index contributed by atoms with van der Waals surface area (Å²) < 4.78 is 4.94. The molecule has 2 N–H and O–H groups in total. The third-order valence-electron chi connectivity index (χ3n) is 4.79. The molecular formula is C24H23N3O3. The second kappa shape index (κ2) is 9.57. The smallest absolute Gasteiger partial charge is 0.310 e. The molecule has 0 spiro atoms. The highest BCUT2D eigenvalue weighted by Crippen LogP contribution is 2.23. The largest absolute Gasteiger partial charge is 0.466 e. The van der Waals surface area contributed by atoms with Crippen molar-refractivity contribution in [2.24, 2.45) is 0 Å². The summed E-state index contributed by atoms with van der Waals surface area (Å²) in [6.45, 7) is 6.42. The molecule has 30 heavy (non-hydrogen) atoms. The fourth-order valence-corrected chi connectivity index (χ4v) is 3.17. The summed E-state index contributed by atoms with van der Waals surface area (Å²) in [5.41, 5.74) is 4.66. The lowest BCUT2D eigenvalue weighted by Gasteiger charge is -2.09. The van der Waals surface area contributed by atoms with E-state index in [0.717, 1.165) is 27.6 Å². The molecule has 6 nitrogen and oxygen atoms in total. The van der Waals surface area contributed by atoms with Crippen molar-refractivity contribution in [2.75, 3.05) is 6.61 Å². The molecular weight excluding hydrogens is 378 g/mol. The Balaban J connectivity index is 1.61. The maximum Gasteiger partial charge on any atom is 0.310 e. The van der Waals surface area contributed by atoms with Gasteiger partial charge in [0.2, 0.25) is 0 Å². The number of carbonyl (C=O) groups excluding carboxylic acids is 2. The van der Waals surface area contributed by atoms with Gasteiger partial charge >= 0.3 is 5.97 Å². The quantitative estimate of drug-likeness (QED) is 0.445. The number of nitrogens with zero attached hydrogens (tertiary/aromatic N) is 1. The normalized spacial score (nSPS) is 10.4. The van der Waals surface area contributed by atoms with E-state index in [1.807, 2.05) is 48.7 Å². The molecule has 0 atom stereocenters. The minimum atomic E-state index is -0.262. The highest BCUT2D eigenvalue weighted by atomic mass is 16.5. The van der Waals surface area contributed by atoms with Crippen molar-refractivity contribution in [3.63, 3.8) is 0 Å². The number of nitrogens with one attached hydrogen (secondary N) is 2. The Morgan fingerprint density at radius 2 is 1.90 bits per heavy atom. The average Bonchev–Trinajstić information content (AvgIpc) is 3.15. The van der Waals surface area contributed by atoms with Crippen LogP contribution in [0.3, 0.4) is 0 Å². The summed E-state index contributed by atoms with van der Waals surface area (Å²) in [4.78, 5) is 27.2. The number of ether oxygens (including phenoxy) is 1. The third-order valence-corrected chi connectivity index (χ3v) is 4.79. The monoisotopic (exact) mass is 401 g/mol. The highest BCUT2D eigenvalue weighted by Gasteiger charge is 2.12. The Morgan fingerprint density at radius 1 is 1.17 bits per heavy atom. The van der Waals surface area contributed by atoms with E-state index in [-0.39, 0.29) is 18.3 Å². The van der Waals surface area contributed by atoms with Crippen molar-refractivity contribution < 1.29 is 14.3 Å². The van der Waals surface area contributed by atoms with Gasteiger partial charge in [-0.25, -0.2) is 0 Å². The van der Waals surface area contributed by atoms with Gasteiger partial charge in [-0.05, 0) is 41.3 Å². The van der Waals surface area contributed by atoms with Crippen LogP contribution in [0.2, 0.25) is 0 Å². The summed E-state index contributed by atoms with van der Waals surface area (Å²) in [7, 11) is 0. The topological polar surface area (TPSA) is 95.0 Å². The van der Waals surface area contributed by atoms with E-state index in [1.54, 1.807) is 6.92 Å². The molecule has 0 saturated heterocycles. The van der Waals surface area contributed by atoms with Crippen LogP contribution in [0.5, 0.6) is 0 Å². The molecule has 1 heterocycles. The van der Waals surface area contributed by atoms with Crippen molar-refractivity contribution in [1.29, 1.82) is 5.26 Å². The van der Waals surface area contributed by atoms with Crippen molar-refractivity contribution in [3.05, 3.63) is 77.5 Å². The van der Waals surface area contributed by atoms with Gasteiger partial charge in [-0.15, -0.1) is 0 Å². The number of aromatic amines is 1. The number of hydrogen-bond acceptors (Lipinski definition) is 4. The van der Waals surface area contributed by atoms with E-state index in [1.165, 1.54) is 0 Å². The lowest BCUT2D eigenvalue weighted by atomic mass is 10.0. The highest BCUT2D eigenvalue weighted by molar-refractivity contribution is 6.19. The number of H-pyrrole nitrogens is 1. The third kappa shape index (κ3) is 4.95. The van der Waals surface area contributed by atoms with Crippen molar-refractivity contribution in [1.82, 2.24) is 10.3 Å². The summed E-state index contributed by atoms with van der Waals surface area (Å²) in [6.07, 6.45) is 2.34. The molecule has 2 aromatic carbocycles. The number of amides is 1. The van der Waals surface area contributed by atoms with E-state index in [4.69, 9.17) is 10.00 Å². The van der Waals surface area contributed by atoms with Crippen molar-refractivity contribution in [3.8, 4) is 6.07 Å². The standard InChI is InChI=1S/C24H23N3O3/c1-3-30-23(28)12-17-4-6-18(7-5-17)14-27-24(29)16(2)19-8-9-22-21(13-19)20(10-11-25)15-26-22/h4-9,13,15,26H,2-3,10,12,14H2,1H3,(H,27,29). The summed E-state index contributed by atoms with van der Waals surface area (Å²) in [6, 6.07) is 15.2. The van der Waals surface area contributed by atoms with E-state index in [2.05, 4.69) is 22.9 Å². The summed E-state index contributed by atoms with van der Waals surface area (Å²) in [5.74, 6) is -0.519. The van der Waals surface area contributed by atoms with Crippen LogP contribution in [0.4, 0.5) is 0 Å². The molecule has 0 aliphatic carbocycles. The van der Waals surface area contributed by atoms with Crippen LogP contribution >= 0.6 is 0 Å². The predicted molar refractivity (Wildman–Crippen MR) is 115 cm³/mol. The van der Waals surface area contributed by atoms with E-state index in [0.29, 0.717) is 30.7 Å². The van der Waals surface area contributed by atoms with E-state index in [9.17, 15) is 9.59 Å². The first-order chi connectivity index (χ1) is 14.5. The van der Waals surface area contributed by atoms with Crippen LogP contribution < -0.4 is 5.32 Å². The number of aromatic nitrogens is 1. The minimum Gasteiger partial charge on any atom is -0.466 e. The van der Waals surface area contributed by atoms with Gasteiger partial charge in [-0.3, -0.25) is 9.59 Å². The molecule has 3 rings (SSSR count). The number of benzene rings is 2. The van der Waals surface area contributed by atoms with Crippen LogP contribution in [-0.4, -0.2) is 23.5 Å². The fraction of sp³-hybridized carbons (Fsp3) is 0.208. The lowest BCUT2D eigenvalue weighted by Crippen LogP contribution is -2.23. The SMILES string of the molecule is C=C(C(=O)NCc1ccc(CC(=O)OCC)cc1)c1ccc2[nH]cc(CC#N)c2c1. The molecule has 6 heteroatoms. The number of rotatable bonds is 8. The van der Waals surface area contributed by atoms with Crippen LogP contribution in [0, 0.1) is 11.3 Å². The van der Waals surface area contributed by atoms with Gasteiger partial charge in [0, 0.05) is 29.2 Å². The predicted octanol–water partition coefficient (Wildman–Crippen LogP) is 3.67. The number of carbonyl (C=O) groups is 2. The zero-order valence-electron chi connectivity index (χ0n) is 16.8. The van der Waals surface area contributed by atoms with Gasteiger partial charge < -0.3 is 15.0 Å². The Kier molecular flexibility index (Phi) is 6.66. The number of nitriles is 1. The maximum atomic E-state index is 12.6. The van der Waals surface area contributed by atoms with Gasteiger partial charge in [0.25, 0.3) is 5.91 Å². The van der Waals surface area contributed by atoms with Gasteiger partial charge in [0.1, 0.15) is 0 Å². The Labute approximate surface area is 175 Å². The molecule has 0 aliphatic rings. The molecule has 152 valence electrons. The molecule has 0 unspecified atom stereocenters. The minimum absolute atomic E-state index is 0.229. The van der Waals surface area contributed by atoms with E-state index >= 15 is 0 Å². The van der Waals surface area contributed by atoms with Gasteiger partial charge in [-0.1, -0.05) is 36.9 Å². The average molecular weight is 401 g/mol. The second-order valence-electron chi connectivity index (χ2n) is 6.87. The van der Waals surface area contributed by atoms with Crippen molar-refractivity contribution >= 4 is 28.4 Å². The molecule has 3 aromatic rings. The Hall–Kier alpha value is -3.85. The summed E-state index contributed by atoms with van der Waals surface area (Å²) >= 11 is 0. The van der Waals surface area contributed by atoms with Crippen LogP contribution in [0.25, 0.3) is 16.5 Å². The molecule has 0 radical (unpaired) electrons. The Morgan fingerprint density at radius 3 is 2.60 bits per heavy atom. The van der Waals surface area contributed by atoms with Crippen LogP contribution in [-0.2, 0) is 33.7 Å². The maximum absolute atomic E-state index is 12.6. The first kappa shape index (κ1) is 20.9. The number of fused-ring (bicyclic) bond motifs is 1. The second-order valence-corrected chi connectivity index (χ2v) is 6.87. The molecule has 0 fully saturated rings. The fourth-order valence-electron chi connectivity index (χ4n) is 3.17. The first-order valence-corrected chi connectivity index (χ1v) is 9.69. The lowest BCUT2D eigenvalue weighted by molar-refractivity contribution is -0.142. The molecule has 0 aliphatic heterocycles. The van der Waals surface area contributed by atoms with Gasteiger partial charge in [0.05, 0.1) is 25.5 Å². The first-order valence-electron chi connectivity index (χ1n) is 9.69. The Bertz CT molecular complexity index is 1120. The number of hydrogen-bond donors (Lipinski definition) is 2. The zero-order valence-corrected chi connectivity index (χ0v) is 16.8. The zero-order chi connectivity index (χ0) is 21.5. The van der Waals surface area contributed by atoms with Crippen LogP contribution in [0.15, 0.2) is 55.2 Å². The summed E-state index contributed by atoms with van der Waals surface area (Å²) in [5, 5.41) is 12.7. The molecule has 1 amide bonds. The van der Waals surface area contributed by atoms with Gasteiger partial charge in [0.15, 0.2) is 0 Å². The van der Waals surface area contributed by atoms with E-state index < -0.39 is 0 Å². The number of esters is 1. The molecule has 0 saturated carbocycles. The molecule has 0 bridgehead atoms. The van der Waals surface area contributed by atoms with Crippen molar-refractivity contribution in [2.45, 2.75) is 26.3 Å². The molecule has 1 aromatic heterocycles. The van der Waals surface area contributed by atoms with Crippen LogP contribution in [0.1, 0.15) is 29.2 Å². The van der Waals surface area contributed by atoms with Gasteiger partial charge in [-0.2, -0.15) is 5.26 Å².